The number of amides is 1. The maximum Gasteiger partial charge on any atom is 0.243 e. The third kappa shape index (κ3) is 4.52. The van der Waals surface area contributed by atoms with Crippen LogP contribution in [0.25, 0.3) is 0 Å². The van der Waals surface area contributed by atoms with Gasteiger partial charge in [-0.1, -0.05) is 24.6 Å². The molecule has 2 saturated heterocycles. The lowest BCUT2D eigenvalue weighted by molar-refractivity contribution is -0.138. The zero-order chi connectivity index (χ0) is 19.6. The Balaban J connectivity index is 1.58. The van der Waals surface area contributed by atoms with E-state index in [4.69, 9.17) is 0 Å². The Morgan fingerprint density at radius 2 is 1.56 bits per heavy atom. The Kier molecular flexibility index (Phi) is 6.23. The van der Waals surface area contributed by atoms with Crippen LogP contribution in [0.2, 0.25) is 0 Å². The molecular formula is C20H31N3O3S. The van der Waals surface area contributed by atoms with Gasteiger partial charge in [-0.15, -0.1) is 0 Å². The van der Waals surface area contributed by atoms with Gasteiger partial charge in [-0.25, -0.2) is 8.42 Å². The van der Waals surface area contributed by atoms with E-state index in [0.29, 0.717) is 37.0 Å². The smallest absolute Gasteiger partial charge is 0.243 e. The molecule has 1 unspecified atom stereocenters. The highest BCUT2D eigenvalue weighted by atomic mass is 32.2. The van der Waals surface area contributed by atoms with Gasteiger partial charge in [0.05, 0.1) is 10.9 Å². The van der Waals surface area contributed by atoms with Crippen LogP contribution in [-0.4, -0.2) is 73.7 Å². The molecule has 2 heterocycles. The van der Waals surface area contributed by atoms with Crippen LogP contribution in [0.1, 0.15) is 32.3 Å². The Labute approximate surface area is 163 Å². The first-order chi connectivity index (χ1) is 12.8. The summed E-state index contributed by atoms with van der Waals surface area (Å²) in [4.78, 5) is 17.2. The predicted octanol–water partition coefficient (Wildman–Crippen LogP) is 1.95. The molecule has 0 radical (unpaired) electrons. The molecule has 0 bridgehead atoms. The van der Waals surface area contributed by atoms with E-state index >= 15 is 0 Å². The Hall–Kier alpha value is -1.44. The van der Waals surface area contributed by atoms with Gasteiger partial charge in [0.2, 0.25) is 15.9 Å². The fourth-order valence-corrected chi connectivity index (χ4v) is 5.26. The van der Waals surface area contributed by atoms with Crippen molar-refractivity contribution in [1.82, 2.24) is 14.1 Å². The Bertz CT molecular complexity index is 747. The molecule has 7 heteroatoms. The van der Waals surface area contributed by atoms with E-state index in [9.17, 15) is 13.2 Å². The van der Waals surface area contributed by atoms with Crippen molar-refractivity contribution >= 4 is 15.9 Å². The molecule has 2 aliphatic rings. The molecule has 1 aromatic rings. The third-order valence-corrected chi connectivity index (χ3v) is 7.85. The van der Waals surface area contributed by atoms with Crippen molar-refractivity contribution < 1.29 is 13.2 Å². The van der Waals surface area contributed by atoms with Gasteiger partial charge in [0.15, 0.2) is 0 Å². The first-order valence-electron chi connectivity index (χ1n) is 9.88. The second-order valence-electron chi connectivity index (χ2n) is 7.94. The van der Waals surface area contributed by atoms with Crippen LogP contribution in [0.15, 0.2) is 29.2 Å². The molecule has 0 N–H and O–H groups in total. The lowest BCUT2D eigenvalue weighted by Gasteiger charge is -2.39. The molecule has 0 aromatic heterocycles. The Morgan fingerprint density at radius 3 is 2.11 bits per heavy atom. The van der Waals surface area contributed by atoms with E-state index in [0.717, 1.165) is 31.5 Å². The summed E-state index contributed by atoms with van der Waals surface area (Å²) in [6, 6.07) is 6.79. The molecule has 2 fully saturated rings. The van der Waals surface area contributed by atoms with E-state index in [1.165, 1.54) is 4.31 Å². The van der Waals surface area contributed by atoms with Crippen molar-refractivity contribution in [3.63, 3.8) is 0 Å². The topological polar surface area (TPSA) is 60.9 Å². The van der Waals surface area contributed by atoms with E-state index < -0.39 is 10.0 Å². The quantitative estimate of drug-likeness (QED) is 0.784. The van der Waals surface area contributed by atoms with Crippen LogP contribution in [0.3, 0.4) is 0 Å². The summed E-state index contributed by atoms with van der Waals surface area (Å²) in [6.07, 6.45) is 2.14. The van der Waals surface area contributed by atoms with Crippen molar-refractivity contribution in [2.45, 2.75) is 44.6 Å². The van der Waals surface area contributed by atoms with Crippen molar-refractivity contribution in [3.05, 3.63) is 29.8 Å². The SMILES string of the molecule is Cc1ccc(S(=O)(=O)N2CCN(C(C)C(=O)N3CCC(C)CC3)CC2)cc1. The molecule has 1 aromatic carbocycles. The van der Waals surface area contributed by atoms with E-state index in [-0.39, 0.29) is 11.9 Å². The molecule has 0 aliphatic carbocycles. The molecule has 6 nitrogen and oxygen atoms in total. The minimum atomic E-state index is -3.46. The summed E-state index contributed by atoms with van der Waals surface area (Å²) >= 11 is 0. The average Bonchev–Trinajstić information content (AvgIpc) is 2.68. The molecule has 0 spiro atoms. The van der Waals surface area contributed by atoms with Crippen LogP contribution < -0.4 is 0 Å². The summed E-state index contributed by atoms with van der Waals surface area (Å²) in [7, 11) is -3.46. The van der Waals surface area contributed by atoms with Gasteiger partial charge in [0.1, 0.15) is 0 Å². The number of piperazine rings is 1. The maximum absolute atomic E-state index is 12.8. The molecule has 2 aliphatic heterocycles. The zero-order valence-electron chi connectivity index (χ0n) is 16.6. The van der Waals surface area contributed by atoms with E-state index in [1.54, 1.807) is 12.1 Å². The molecule has 27 heavy (non-hydrogen) atoms. The highest BCUT2D eigenvalue weighted by Gasteiger charge is 2.33. The number of carbonyl (C=O) groups is 1. The third-order valence-electron chi connectivity index (χ3n) is 5.93. The number of benzene rings is 1. The zero-order valence-corrected chi connectivity index (χ0v) is 17.4. The number of hydrogen-bond acceptors (Lipinski definition) is 4. The fourth-order valence-electron chi connectivity index (χ4n) is 3.84. The van der Waals surface area contributed by atoms with Crippen LogP contribution in [0.5, 0.6) is 0 Å². The average molecular weight is 394 g/mol. The summed E-state index contributed by atoms with van der Waals surface area (Å²) < 4.78 is 27.2. The van der Waals surface area contributed by atoms with Crippen molar-refractivity contribution in [3.8, 4) is 0 Å². The molecule has 1 amide bonds. The minimum absolute atomic E-state index is 0.178. The number of rotatable bonds is 4. The lowest BCUT2D eigenvalue weighted by Crippen LogP contribution is -2.56. The number of sulfonamides is 1. The van der Waals surface area contributed by atoms with Gasteiger partial charge in [-0.05, 0) is 44.7 Å². The van der Waals surface area contributed by atoms with Gasteiger partial charge in [0, 0.05) is 39.3 Å². The maximum atomic E-state index is 12.8. The number of hydrogen-bond donors (Lipinski definition) is 0. The molecule has 150 valence electrons. The number of piperidine rings is 1. The number of aryl methyl sites for hydroxylation is 1. The van der Waals surface area contributed by atoms with Gasteiger partial charge in [0.25, 0.3) is 0 Å². The fraction of sp³-hybridized carbons (Fsp3) is 0.650. The van der Waals surface area contributed by atoms with Gasteiger partial charge >= 0.3 is 0 Å². The second-order valence-corrected chi connectivity index (χ2v) is 9.87. The van der Waals surface area contributed by atoms with Crippen LogP contribution in [0.4, 0.5) is 0 Å². The summed E-state index contributed by atoms with van der Waals surface area (Å²) in [5.74, 6) is 0.872. The van der Waals surface area contributed by atoms with Gasteiger partial charge < -0.3 is 4.90 Å². The monoisotopic (exact) mass is 393 g/mol. The Morgan fingerprint density at radius 1 is 1.00 bits per heavy atom. The van der Waals surface area contributed by atoms with Crippen LogP contribution >= 0.6 is 0 Å². The van der Waals surface area contributed by atoms with E-state index in [2.05, 4.69) is 11.8 Å². The molecular weight excluding hydrogens is 362 g/mol. The van der Waals surface area contributed by atoms with Crippen molar-refractivity contribution in [1.29, 1.82) is 0 Å². The first-order valence-corrected chi connectivity index (χ1v) is 11.3. The number of likely N-dealkylation sites (tertiary alicyclic amines) is 1. The predicted molar refractivity (Wildman–Crippen MR) is 106 cm³/mol. The normalized spacial score (nSPS) is 22.0. The number of carbonyl (C=O) groups excluding carboxylic acids is 1. The van der Waals surface area contributed by atoms with Crippen LogP contribution in [-0.2, 0) is 14.8 Å². The first kappa shape index (κ1) is 20.3. The van der Waals surface area contributed by atoms with Crippen molar-refractivity contribution in [2.24, 2.45) is 5.92 Å². The molecule has 1 atom stereocenters. The summed E-state index contributed by atoms with van der Waals surface area (Å²) in [5.41, 5.74) is 1.04. The lowest BCUT2D eigenvalue weighted by atomic mass is 9.98. The largest absolute Gasteiger partial charge is 0.341 e. The second kappa shape index (κ2) is 8.29. The highest BCUT2D eigenvalue weighted by Crippen LogP contribution is 2.21. The molecule has 3 rings (SSSR count). The van der Waals surface area contributed by atoms with Crippen molar-refractivity contribution in [2.75, 3.05) is 39.3 Å². The minimum Gasteiger partial charge on any atom is -0.341 e. The summed E-state index contributed by atoms with van der Waals surface area (Å²) in [5, 5.41) is 0. The standard InChI is InChI=1S/C20H31N3O3S/c1-16-4-6-19(7-5-16)27(25,26)23-14-12-21(13-15-23)18(3)20(24)22-10-8-17(2)9-11-22/h4-7,17-18H,8-15H2,1-3H3. The summed E-state index contributed by atoms with van der Waals surface area (Å²) in [6.45, 7) is 9.82. The number of nitrogens with zero attached hydrogens (tertiary/aromatic N) is 3. The van der Waals surface area contributed by atoms with Crippen LogP contribution in [0, 0.1) is 12.8 Å². The van der Waals surface area contributed by atoms with E-state index in [1.807, 2.05) is 30.9 Å². The highest BCUT2D eigenvalue weighted by molar-refractivity contribution is 7.89. The van der Waals surface area contributed by atoms with Gasteiger partial charge in [-0.3, -0.25) is 9.69 Å². The molecule has 0 saturated carbocycles. The van der Waals surface area contributed by atoms with Gasteiger partial charge in [-0.2, -0.15) is 4.31 Å².